The molecule has 0 aliphatic heterocycles. The Hall–Kier alpha value is -1.12. The molecule has 0 fully saturated rings. The van der Waals surface area contributed by atoms with E-state index in [2.05, 4.69) is 0 Å². The molecule has 0 atom stereocenters. The molecule has 0 radical (unpaired) electrons. The van der Waals surface area contributed by atoms with Crippen LogP contribution in [0.4, 0.5) is 0 Å². The van der Waals surface area contributed by atoms with Gasteiger partial charge >= 0.3 is 5.97 Å². The van der Waals surface area contributed by atoms with E-state index in [1.807, 2.05) is 6.92 Å². The maximum Gasteiger partial charge on any atom is 0.306 e. The van der Waals surface area contributed by atoms with Gasteiger partial charge in [-0.3, -0.25) is 9.59 Å². The summed E-state index contributed by atoms with van der Waals surface area (Å²) in [6.07, 6.45) is 3.45. The first-order valence-corrected chi connectivity index (χ1v) is 5.52. The Bertz CT molecular complexity index is 289. The van der Waals surface area contributed by atoms with Crippen LogP contribution >= 0.6 is 0 Å². The van der Waals surface area contributed by atoms with Crippen molar-refractivity contribution in [1.82, 2.24) is 0 Å². The number of allylic oxidation sites excluding steroid dienone is 2. The van der Waals surface area contributed by atoms with Crippen LogP contribution in [0.1, 0.15) is 46.0 Å². The number of rotatable bonds is 4. The Morgan fingerprint density at radius 1 is 1.40 bits per heavy atom. The second-order valence-electron chi connectivity index (χ2n) is 3.84. The standard InChI is InChI=1S/C12H18O3/c1-3-15-12(14)8-7-10-9(2)5-4-6-11(10)13/h3-8H2,1-2H3. The number of esters is 1. The van der Waals surface area contributed by atoms with Crippen LogP contribution in [-0.4, -0.2) is 18.4 Å². The predicted molar refractivity (Wildman–Crippen MR) is 57.4 cm³/mol. The average molecular weight is 210 g/mol. The molecule has 0 bridgehead atoms. The van der Waals surface area contributed by atoms with E-state index >= 15 is 0 Å². The van der Waals surface area contributed by atoms with Crippen LogP contribution in [0.2, 0.25) is 0 Å². The van der Waals surface area contributed by atoms with Gasteiger partial charge in [-0.1, -0.05) is 5.57 Å². The largest absolute Gasteiger partial charge is 0.466 e. The van der Waals surface area contributed by atoms with Gasteiger partial charge in [-0.2, -0.15) is 0 Å². The zero-order chi connectivity index (χ0) is 11.3. The van der Waals surface area contributed by atoms with Gasteiger partial charge in [0.05, 0.1) is 6.61 Å². The molecule has 0 saturated heterocycles. The van der Waals surface area contributed by atoms with Crippen molar-refractivity contribution >= 4 is 11.8 Å². The fourth-order valence-corrected chi connectivity index (χ4v) is 1.87. The third-order valence-corrected chi connectivity index (χ3v) is 2.69. The lowest BCUT2D eigenvalue weighted by Gasteiger charge is -2.16. The first kappa shape index (κ1) is 12.0. The number of carbonyl (C=O) groups is 2. The SMILES string of the molecule is CCOC(=O)CCC1=C(C)CCCC1=O. The quantitative estimate of drug-likeness (QED) is 0.669. The Morgan fingerprint density at radius 3 is 2.73 bits per heavy atom. The Labute approximate surface area is 90.5 Å². The van der Waals surface area contributed by atoms with Crippen LogP contribution in [0.5, 0.6) is 0 Å². The van der Waals surface area contributed by atoms with E-state index < -0.39 is 0 Å². The van der Waals surface area contributed by atoms with Gasteiger partial charge in [-0.05, 0) is 38.7 Å². The van der Waals surface area contributed by atoms with Crippen molar-refractivity contribution in [1.29, 1.82) is 0 Å². The van der Waals surface area contributed by atoms with Gasteiger partial charge < -0.3 is 4.74 Å². The van der Waals surface area contributed by atoms with Crippen LogP contribution in [-0.2, 0) is 14.3 Å². The highest BCUT2D eigenvalue weighted by atomic mass is 16.5. The van der Waals surface area contributed by atoms with Gasteiger partial charge in [-0.25, -0.2) is 0 Å². The lowest BCUT2D eigenvalue weighted by Crippen LogP contribution is -2.13. The number of hydrogen-bond acceptors (Lipinski definition) is 3. The summed E-state index contributed by atoms with van der Waals surface area (Å²) in [5.41, 5.74) is 2.00. The summed E-state index contributed by atoms with van der Waals surface area (Å²) in [6.45, 7) is 4.18. The van der Waals surface area contributed by atoms with Gasteiger partial charge in [0, 0.05) is 12.8 Å². The van der Waals surface area contributed by atoms with Gasteiger partial charge in [0.1, 0.15) is 0 Å². The van der Waals surface area contributed by atoms with Crippen molar-refractivity contribution in [2.75, 3.05) is 6.61 Å². The summed E-state index contributed by atoms with van der Waals surface area (Å²) in [5, 5.41) is 0. The molecule has 0 aromatic heterocycles. The molecule has 0 heterocycles. The van der Waals surface area contributed by atoms with E-state index in [-0.39, 0.29) is 11.8 Å². The van der Waals surface area contributed by atoms with Crippen molar-refractivity contribution in [3.63, 3.8) is 0 Å². The number of carbonyl (C=O) groups excluding carboxylic acids is 2. The molecular weight excluding hydrogens is 192 g/mol. The van der Waals surface area contributed by atoms with E-state index in [0.717, 1.165) is 24.0 Å². The van der Waals surface area contributed by atoms with Crippen LogP contribution in [0, 0.1) is 0 Å². The molecular formula is C12H18O3. The molecule has 1 aliphatic carbocycles. The summed E-state index contributed by atoms with van der Waals surface area (Å²) >= 11 is 0. The first-order chi connectivity index (χ1) is 7.15. The van der Waals surface area contributed by atoms with Gasteiger partial charge in [0.15, 0.2) is 5.78 Å². The maximum atomic E-state index is 11.6. The molecule has 0 amide bonds. The second kappa shape index (κ2) is 5.69. The third-order valence-electron chi connectivity index (χ3n) is 2.69. The predicted octanol–water partition coefficient (Wildman–Crippen LogP) is 2.40. The molecule has 1 rings (SSSR count). The van der Waals surface area contributed by atoms with Gasteiger partial charge in [-0.15, -0.1) is 0 Å². The minimum absolute atomic E-state index is 0.211. The van der Waals surface area contributed by atoms with Crippen LogP contribution in [0.25, 0.3) is 0 Å². The monoisotopic (exact) mass is 210 g/mol. The lowest BCUT2D eigenvalue weighted by atomic mass is 9.89. The number of ketones is 1. The molecule has 0 unspecified atom stereocenters. The minimum Gasteiger partial charge on any atom is -0.466 e. The Kier molecular flexibility index (Phi) is 4.53. The summed E-state index contributed by atoms with van der Waals surface area (Å²) in [4.78, 5) is 22.7. The van der Waals surface area contributed by atoms with E-state index in [0.29, 0.717) is 25.9 Å². The second-order valence-corrected chi connectivity index (χ2v) is 3.84. The lowest BCUT2D eigenvalue weighted by molar-refractivity contribution is -0.143. The topological polar surface area (TPSA) is 43.4 Å². The molecule has 0 spiro atoms. The summed E-state index contributed by atoms with van der Waals surface area (Å²) in [7, 11) is 0. The molecule has 0 aromatic carbocycles. The molecule has 0 saturated carbocycles. The van der Waals surface area contributed by atoms with Crippen molar-refractivity contribution in [2.45, 2.75) is 46.0 Å². The maximum absolute atomic E-state index is 11.6. The molecule has 1 aliphatic rings. The van der Waals surface area contributed by atoms with E-state index in [1.54, 1.807) is 6.92 Å². The van der Waals surface area contributed by atoms with Crippen molar-refractivity contribution < 1.29 is 14.3 Å². The van der Waals surface area contributed by atoms with Crippen molar-refractivity contribution in [3.05, 3.63) is 11.1 Å². The molecule has 3 heteroatoms. The van der Waals surface area contributed by atoms with Crippen molar-refractivity contribution in [2.24, 2.45) is 0 Å². The summed E-state index contributed by atoms with van der Waals surface area (Å²) in [6, 6.07) is 0. The highest BCUT2D eigenvalue weighted by Crippen LogP contribution is 2.24. The van der Waals surface area contributed by atoms with Crippen LogP contribution in [0.3, 0.4) is 0 Å². The molecule has 3 nitrogen and oxygen atoms in total. The normalized spacial score (nSPS) is 16.8. The minimum atomic E-state index is -0.212. The number of hydrogen-bond donors (Lipinski definition) is 0. The zero-order valence-electron chi connectivity index (χ0n) is 9.47. The summed E-state index contributed by atoms with van der Waals surface area (Å²) in [5.74, 6) is -0.000720. The highest BCUT2D eigenvalue weighted by molar-refractivity contribution is 5.97. The average Bonchev–Trinajstić information content (AvgIpc) is 2.17. The summed E-state index contributed by atoms with van der Waals surface area (Å²) < 4.78 is 4.83. The van der Waals surface area contributed by atoms with E-state index in [9.17, 15) is 9.59 Å². The Morgan fingerprint density at radius 2 is 2.13 bits per heavy atom. The van der Waals surface area contributed by atoms with E-state index in [4.69, 9.17) is 4.74 Å². The first-order valence-electron chi connectivity index (χ1n) is 5.52. The zero-order valence-corrected chi connectivity index (χ0v) is 9.47. The Balaban J connectivity index is 2.49. The fraction of sp³-hybridized carbons (Fsp3) is 0.667. The van der Waals surface area contributed by atoms with Crippen LogP contribution < -0.4 is 0 Å². The molecule has 0 aromatic rings. The van der Waals surface area contributed by atoms with Gasteiger partial charge in [0.2, 0.25) is 0 Å². The number of Topliss-reactive ketones (excluding diaryl/α,β-unsaturated/α-hetero) is 1. The van der Waals surface area contributed by atoms with Gasteiger partial charge in [0.25, 0.3) is 0 Å². The third kappa shape index (κ3) is 3.50. The highest BCUT2D eigenvalue weighted by Gasteiger charge is 2.18. The van der Waals surface area contributed by atoms with Crippen LogP contribution in [0.15, 0.2) is 11.1 Å². The van der Waals surface area contributed by atoms with Crippen molar-refractivity contribution in [3.8, 4) is 0 Å². The fourth-order valence-electron chi connectivity index (χ4n) is 1.87. The smallest absolute Gasteiger partial charge is 0.306 e. The molecule has 15 heavy (non-hydrogen) atoms. The number of ether oxygens (including phenoxy) is 1. The molecule has 84 valence electrons. The van der Waals surface area contributed by atoms with E-state index in [1.165, 1.54) is 0 Å². The molecule has 0 N–H and O–H groups in total.